The van der Waals surface area contributed by atoms with Crippen LogP contribution in [-0.4, -0.2) is 11.7 Å². The van der Waals surface area contributed by atoms with Crippen LogP contribution in [0.3, 0.4) is 0 Å². The maximum atomic E-state index is 10.0. The standard InChI is InChI=1S/C10H12.C5H11NO2/c1-2-3-7-10-8-5-4-6-9-10;1-5(2,3)8-4(6)7/h2,4-6,8-9H,1,3,7H2;1-3H3,(H2,6,7). The lowest BCUT2D eigenvalue weighted by Gasteiger charge is -2.16. The zero-order valence-corrected chi connectivity index (χ0v) is 11.5. The summed E-state index contributed by atoms with van der Waals surface area (Å²) in [5.74, 6) is 0. The molecule has 0 saturated heterocycles. The SMILES string of the molecule is C=CCCc1ccccc1.CC(C)(C)OC(N)=O. The largest absolute Gasteiger partial charge is 0.444 e. The van der Waals surface area contributed by atoms with E-state index >= 15 is 0 Å². The molecule has 1 amide bonds. The Morgan fingerprint density at radius 3 is 2.22 bits per heavy atom. The number of carbonyl (C=O) groups excluding carboxylic acids is 1. The molecule has 0 aliphatic carbocycles. The first-order valence-electron chi connectivity index (χ1n) is 5.98. The summed E-state index contributed by atoms with van der Waals surface area (Å²) >= 11 is 0. The van der Waals surface area contributed by atoms with Crippen LogP contribution in [0.2, 0.25) is 0 Å². The molecule has 0 aliphatic rings. The van der Waals surface area contributed by atoms with Crippen LogP contribution in [0.5, 0.6) is 0 Å². The van der Waals surface area contributed by atoms with Gasteiger partial charge in [0.2, 0.25) is 0 Å². The molecule has 0 bridgehead atoms. The smallest absolute Gasteiger partial charge is 0.405 e. The minimum Gasteiger partial charge on any atom is -0.444 e. The Labute approximate surface area is 110 Å². The Morgan fingerprint density at radius 1 is 1.33 bits per heavy atom. The lowest BCUT2D eigenvalue weighted by molar-refractivity contribution is 0.0600. The van der Waals surface area contributed by atoms with E-state index in [1.165, 1.54) is 5.56 Å². The highest BCUT2D eigenvalue weighted by atomic mass is 16.6. The second-order valence-corrected chi connectivity index (χ2v) is 4.85. The molecular formula is C15H23NO2. The number of ether oxygens (including phenoxy) is 1. The van der Waals surface area contributed by atoms with Gasteiger partial charge in [0.25, 0.3) is 0 Å². The number of aryl methyl sites for hydroxylation is 1. The highest BCUT2D eigenvalue weighted by Gasteiger charge is 2.12. The summed E-state index contributed by atoms with van der Waals surface area (Å²) in [7, 11) is 0. The number of hydrogen-bond donors (Lipinski definition) is 1. The minimum absolute atomic E-state index is 0.453. The van der Waals surface area contributed by atoms with E-state index in [9.17, 15) is 4.79 Å². The van der Waals surface area contributed by atoms with Gasteiger partial charge in [-0.2, -0.15) is 0 Å². The number of amides is 1. The Hall–Kier alpha value is -1.77. The van der Waals surface area contributed by atoms with Gasteiger partial charge in [-0.15, -0.1) is 6.58 Å². The quantitative estimate of drug-likeness (QED) is 0.831. The van der Waals surface area contributed by atoms with Gasteiger partial charge in [0.1, 0.15) is 5.60 Å². The first kappa shape index (κ1) is 16.2. The van der Waals surface area contributed by atoms with Crippen molar-refractivity contribution in [3.63, 3.8) is 0 Å². The second-order valence-electron chi connectivity index (χ2n) is 4.85. The normalized spacial score (nSPS) is 9.94. The van der Waals surface area contributed by atoms with Crippen LogP contribution in [0.25, 0.3) is 0 Å². The molecule has 0 spiro atoms. The molecule has 18 heavy (non-hydrogen) atoms. The fourth-order valence-electron chi connectivity index (χ4n) is 1.22. The Morgan fingerprint density at radius 2 is 1.89 bits per heavy atom. The third-order valence-electron chi connectivity index (χ3n) is 1.89. The van der Waals surface area contributed by atoms with Crippen molar-refractivity contribution in [2.45, 2.75) is 39.2 Å². The Bertz CT molecular complexity index is 353. The summed E-state index contributed by atoms with van der Waals surface area (Å²) < 4.78 is 4.58. The molecule has 1 rings (SSSR count). The summed E-state index contributed by atoms with van der Waals surface area (Å²) in [5.41, 5.74) is 5.66. The average Bonchev–Trinajstić information content (AvgIpc) is 2.25. The van der Waals surface area contributed by atoms with Crippen molar-refractivity contribution in [3.8, 4) is 0 Å². The first-order valence-corrected chi connectivity index (χ1v) is 5.98. The fourth-order valence-corrected chi connectivity index (χ4v) is 1.22. The highest BCUT2D eigenvalue weighted by Crippen LogP contribution is 2.04. The van der Waals surface area contributed by atoms with Gasteiger partial charge in [0.05, 0.1) is 0 Å². The maximum absolute atomic E-state index is 10.0. The molecule has 1 aromatic rings. The fraction of sp³-hybridized carbons (Fsp3) is 0.400. The molecule has 0 saturated carbocycles. The Balaban J connectivity index is 0.000000331. The van der Waals surface area contributed by atoms with Crippen molar-refractivity contribution in [2.24, 2.45) is 5.73 Å². The van der Waals surface area contributed by atoms with Crippen molar-refractivity contribution < 1.29 is 9.53 Å². The van der Waals surface area contributed by atoms with E-state index in [-0.39, 0.29) is 0 Å². The van der Waals surface area contributed by atoms with E-state index in [1.54, 1.807) is 20.8 Å². The van der Waals surface area contributed by atoms with Crippen LogP contribution in [0.4, 0.5) is 4.79 Å². The van der Waals surface area contributed by atoms with Crippen LogP contribution in [0.15, 0.2) is 43.0 Å². The Kier molecular flexibility index (Phi) is 7.52. The zero-order chi connectivity index (χ0) is 14.0. The maximum Gasteiger partial charge on any atom is 0.405 e. The lowest BCUT2D eigenvalue weighted by atomic mass is 10.1. The van der Waals surface area contributed by atoms with Crippen molar-refractivity contribution in [1.82, 2.24) is 0 Å². The topological polar surface area (TPSA) is 52.3 Å². The number of rotatable bonds is 3. The first-order chi connectivity index (χ1) is 8.35. The molecule has 0 atom stereocenters. The molecule has 3 heteroatoms. The van der Waals surface area contributed by atoms with Gasteiger partial charge in [0, 0.05) is 0 Å². The molecule has 0 aromatic heterocycles. The predicted octanol–water partition coefficient (Wildman–Crippen LogP) is 3.69. The summed E-state index contributed by atoms with van der Waals surface area (Å²) in [6.45, 7) is 8.96. The van der Waals surface area contributed by atoms with Crippen LogP contribution in [0.1, 0.15) is 32.8 Å². The number of allylic oxidation sites excluding steroid dienone is 1. The van der Waals surface area contributed by atoms with Crippen molar-refractivity contribution in [2.75, 3.05) is 0 Å². The monoisotopic (exact) mass is 249 g/mol. The summed E-state index contributed by atoms with van der Waals surface area (Å²) in [6.07, 6.45) is 3.42. The van der Waals surface area contributed by atoms with E-state index in [4.69, 9.17) is 5.73 Å². The van der Waals surface area contributed by atoms with Crippen molar-refractivity contribution in [3.05, 3.63) is 48.6 Å². The minimum atomic E-state index is -0.725. The summed E-state index contributed by atoms with van der Waals surface area (Å²) in [5, 5.41) is 0. The van der Waals surface area contributed by atoms with Crippen molar-refractivity contribution in [1.29, 1.82) is 0 Å². The average molecular weight is 249 g/mol. The number of carbonyl (C=O) groups is 1. The second kappa shape index (κ2) is 8.34. The van der Waals surface area contributed by atoms with Gasteiger partial charge in [-0.25, -0.2) is 4.79 Å². The number of benzene rings is 1. The molecule has 1 aromatic carbocycles. The van der Waals surface area contributed by atoms with E-state index in [1.807, 2.05) is 12.1 Å². The third-order valence-corrected chi connectivity index (χ3v) is 1.89. The molecule has 100 valence electrons. The molecular weight excluding hydrogens is 226 g/mol. The summed E-state index contributed by atoms with van der Waals surface area (Å²) in [4.78, 5) is 10.0. The molecule has 3 nitrogen and oxygen atoms in total. The van der Waals surface area contributed by atoms with Crippen LogP contribution in [-0.2, 0) is 11.2 Å². The van der Waals surface area contributed by atoms with E-state index in [2.05, 4.69) is 35.6 Å². The number of primary amides is 1. The van der Waals surface area contributed by atoms with Crippen LogP contribution in [0, 0.1) is 0 Å². The molecule has 2 N–H and O–H groups in total. The van der Waals surface area contributed by atoms with Crippen molar-refractivity contribution >= 4 is 6.09 Å². The van der Waals surface area contributed by atoms with Gasteiger partial charge in [-0.05, 0) is 39.2 Å². The van der Waals surface area contributed by atoms with Gasteiger partial charge in [-0.3, -0.25) is 0 Å². The number of hydrogen-bond acceptors (Lipinski definition) is 2. The van der Waals surface area contributed by atoms with Crippen LogP contribution >= 0.6 is 0 Å². The molecule has 0 heterocycles. The highest BCUT2D eigenvalue weighted by molar-refractivity contribution is 5.65. The van der Waals surface area contributed by atoms with E-state index in [0.29, 0.717) is 0 Å². The molecule has 0 radical (unpaired) electrons. The summed E-state index contributed by atoms with van der Waals surface area (Å²) in [6, 6.07) is 10.5. The molecule has 0 aliphatic heterocycles. The molecule has 0 unspecified atom stereocenters. The predicted molar refractivity (Wildman–Crippen MR) is 75.4 cm³/mol. The van der Waals surface area contributed by atoms with Gasteiger partial charge in [0.15, 0.2) is 0 Å². The van der Waals surface area contributed by atoms with Gasteiger partial charge >= 0.3 is 6.09 Å². The zero-order valence-electron chi connectivity index (χ0n) is 11.5. The van der Waals surface area contributed by atoms with E-state index in [0.717, 1.165) is 12.8 Å². The molecule has 0 fully saturated rings. The van der Waals surface area contributed by atoms with Crippen LogP contribution < -0.4 is 5.73 Å². The third kappa shape index (κ3) is 10.7. The number of nitrogens with two attached hydrogens (primary N) is 1. The van der Waals surface area contributed by atoms with E-state index < -0.39 is 11.7 Å². The van der Waals surface area contributed by atoms with Gasteiger partial charge in [-0.1, -0.05) is 36.4 Å². The lowest BCUT2D eigenvalue weighted by Crippen LogP contribution is -2.27. The van der Waals surface area contributed by atoms with Gasteiger partial charge < -0.3 is 10.5 Å².